The van der Waals surface area contributed by atoms with E-state index in [1.165, 1.54) is 25.5 Å². The summed E-state index contributed by atoms with van der Waals surface area (Å²) in [7, 11) is 0. The number of nitrogens with two attached hydrogens (primary N) is 1. The summed E-state index contributed by atoms with van der Waals surface area (Å²) >= 11 is 0. The van der Waals surface area contributed by atoms with Crippen LogP contribution in [0.5, 0.6) is 0 Å². The molecule has 1 unspecified atom stereocenters. The number of hydrogen-bond acceptors (Lipinski definition) is 3. The predicted molar refractivity (Wildman–Crippen MR) is 74.2 cm³/mol. The van der Waals surface area contributed by atoms with Crippen LogP contribution in [0.1, 0.15) is 24.0 Å². The van der Waals surface area contributed by atoms with Crippen LogP contribution in [0.2, 0.25) is 0 Å². The van der Waals surface area contributed by atoms with E-state index in [2.05, 4.69) is 9.80 Å². The second-order valence-corrected chi connectivity index (χ2v) is 5.74. The van der Waals surface area contributed by atoms with Crippen LogP contribution in [-0.2, 0) is 13.1 Å². The Balaban J connectivity index is 1.66. The number of rotatable bonds is 3. The van der Waals surface area contributed by atoms with Crippen molar-refractivity contribution in [3.63, 3.8) is 0 Å². The van der Waals surface area contributed by atoms with Gasteiger partial charge in [-0.05, 0) is 42.6 Å². The third-order valence-corrected chi connectivity index (χ3v) is 4.33. The van der Waals surface area contributed by atoms with Crippen LogP contribution in [-0.4, -0.2) is 42.0 Å². The second kappa shape index (κ2) is 5.57. The van der Waals surface area contributed by atoms with Gasteiger partial charge in [0.05, 0.1) is 0 Å². The Morgan fingerprint density at radius 2 is 2.00 bits per heavy atom. The van der Waals surface area contributed by atoms with Gasteiger partial charge in [0.2, 0.25) is 0 Å². The molecular weight excluding hydrogens is 241 g/mol. The molecule has 3 rings (SSSR count). The van der Waals surface area contributed by atoms with E-state index in [4.69, 9.17) is 5.73 Å². The quantitative estimate of drug-likeness (QED) is 0.898. The molecule has 0 aliphatic carbocycles. The highest BCUT2D eigenvalue weighted by molar-refractivity contribution is 5.24. The summed E-state index contributed by atoms with van der Waals surface area (Å²) in [6, 6.07) is 5.92. The smallest absolute Gasteiger partial charge is 0.123 e. The van der Waals surface area contributed by atoms with Gasteiger partial charge in [-0.25, -0.2) is 4.39 Å². The van der Waals surface area contributed by atoms with Gasteiger partial charge in [0.1, 0.15) is 5.82 Å². The largest absolute Gasteiger partial charge is 0.326 e. The maximum absolute atomic E-state index is 13.5. The molecule has 4 heteroatoms. The second-order valence-electron chi connectivity index (χ2n) is 5.74. The number of fused-ring (bicyclic) bond motifs is 1. The van der Waals surface area contributed by atoms with Gasteiger partial charge in [0, 0.05) is 38.8 Å². The molecule has 2 N–H and O–H groups in total. The number of hydrogen-bond donors (Lipinski definition) is 1. The monoisotopic (exact) mass is 263 g/mol. The van der Waals surface area contributed by atoms with Crippen molar-refractivity contribution in [3.8, 4) is 0 Å². The summed E-state index contributed by atoms with van der Waals surface area (Å²) in [6.45, 7) is 5.87. The fraction of sp³-hybridized carbons (Fsp3) is 0.600. The van der Waals surface area contributed by atoms with Gasteiger partial charge in [0.25, 0.3) is 0 Å². The summed E-state index contributed by atoms with van der Waals surface area (Å²) in [5, 5.41) is 0. The molecule has 0 bridgehead atoms. The molecule has 2 aliphatic rings. The van der Waals surface area contributed by atoms with E-state index in [1.54, 1.807) is 6.07 Å². The molecule has 1 aromatic carbocycles. The molecular formula is C15H22FN3. The average molecular weight is 263 g/mol. The minimum Gasteiger partial charge on any atom is -0.326 e. The molecule has 0 saturated carbocycles. The zero-order valence-electron chi connectivity index (χ0n) is 11.3. The van der Waals surface area contributed by atoms with Crippen LogP contribution in [0.15, 0.2) is 18.2 Å². The standard InChI is InChI=1S/C15H22FN3/c16-14-7-12(9-17)6-13(8-14)10-18-4-5-19-3-1-2-15(19)11-18/h6-8,15H,1-5,9-11,17H2. The molecule has 2 fully saturated rings. The first-order chi connectivity index (χ1) is 9.24. The Morgan fingerprint density at radius 3 is 2.84 bits per heavy atom. The van der Waals surface area contributed by atoms with Crippen LogP contribution in [0, 0.1) is 5.82 Å². The minimum absolute atomic E-state index is 0.169. The highest BCUT2D eigenvalue weighted by atomic mass is 19.1. The van der Waals surface area contributed by atoms with E-state index in [0.717, 1.165) is 43.3 Å². The maximum Gasteiger partial charge on any atom is 0.123 e. The molecule has 104 valence electrons. The minimum atomic E-state index is -0.169. The Labute approximate surface area is 114 Å². The van der Waals surface area contributed by atoms with Crippen LogP contribution < -0.4 is 5.73 Å². The maximum atomic E-state index is 13.5. The Morgan fingerprint density at radius 1 is 1.16 bits per heavy atom. The molecule has 19 heavy (non-hydrogen) atoms. The molecule has 0 spiro atoms. The Hall–Kier alpha value is -0.970. The lowest BCUT2D eigenvalue weighted by atomic mass is 10.1. The number of benzene rings is 1. The van der Waals surface area contributed by atoms with Crippen molar-refractivity contribution in [1.82, 2.24) is 9.80 Å². The van der Waals surface area contributed by atoms with E-state index >= 15 is 0 Å². The molecule has 0 radical (unpaired) electrons. The van der Waals surface area contributed by atoms with E-state index in [9.17, 15) is 4.39 Å². The highest BCUT2D eigenvalue weighted by Gasteiger charge is 2.30. The first-order valence-electron chi connectivity index (χ1n) is 7.19. The van der Waals surface area contributed by atoms with Gasteiger partial charge >= 0.3 is 0 Å². The number of nitrogens with zero attached hydrogens (tertiary/aromatic N) is 2. The zero-order chi connectivity index (χ0) is 13.2. The Bertz CT molecular complexity index is 449. The van der Waals surface area contributed by atoms with Crippen molar-refractivity contribution < 1.29 is 4.39 Å². The predicted octanol–water partition coefficient (Wildman–Crippen LogP) is 1.56. The number of halogens is 1. The third kappa shape index (κ3) is 2.96. The first kappa shape index (κ1) is 13.0. The van der Waals surface area contributed by atoms with E-state index in [0.29, 0.717) is 6.54 Å². The van der Waals surface area contributed by atoms with Gasteiger partial charge in [-0.3, -0.25) is 9.80 Å². The molecule has 1 aromatic rings. The molecule has 1 atom stereocenters. The van der Waals surface area contributed by atoms with Crippen molar-refractivity contribution in [1.29, 1.82) is 0 Å². The van der Waals surface area contributed by atoms with Crippen LogP contribution in [0.4, 0.5) is 4.39 Å². The topological polar surface area (TPSA) is 32.5 Å². The summed E-state index contributed by atoms with van der Waals surface area (Å²) in [5.41, 5.74) is 7.54. The lowest BCUT2D eigenvalue weighted by molar-refractivity contribution is 0.0993. The zero-order valence-corrected chi connectivity index (χ0v) is 11.3. The Kier molecular flexibility index (Phi) is 3.82. The van der Waals surface area contributed by atoms with Crippen LogP contribution >= 0.6 is 0 Å². The SMILES string of the molecule is NCc1cc(F)cc(CN2CCN3CCCC3C2)c1. The van der Waals surface area contributed by atoms with Crippen molar-refractivity contribution in [2.45, 2.75) is 32.0 Å². The fourth-order valence-corrected chi connectivity index (χ4v) is 3.38. The van der Waals surface area contributed by atoms with Crippen LogP contribution in [0.25, 0.3) is 0 Å². The summed E-state index contributed by atoms with van der Waals surface area (Å²) in [4.78, 5) is 5.04. The normalized spacial score (nSPS) is 24.6. The van der Waals surface area contributed by atoms with Crippen LogP contribution in [0.3, 0.4) is 0 Å². The average Bonchev–Trinajstić information content (AvgIpc) is 2.85. The van der Waals surface area contributed by atoms with Crippen molar-refractivity contribution in [2.24, 2.45) is 5.73 Å². The lowest BCUT2D eigenvalue weighted by Gasteiger charge is -2.37. The summed E-state index contributed by atoms with van der Waals surface area (Å²) in [5.74, 6) is -0.169. The molecule has 2 saturated heterocycles. The summed E-state index contributed by atoms with van der Waals surface area (Å²) < 4.78 is 13.5. The van der Waals surface area contributed by atoms with Gasteiger partial charge in [-0.2, -0.15) is 0 Å². The molecule has 2 aliphatic heterocycles. The van der Waals surface area contributed by atoms with Crippen molar-refractivity contribution in [3.05, 3.63) is 35.1 Å². The third-order valence-electron chi connectivity index (χ3n) is 4.33. The van der Waals surface area contributed by atoms with Gasteiger partial charge in [-0.15, -0.1) is 0 Å². The van der Waals surface area contributed by atoms with E-state index < -0.39 is 0 Å². The molecule has 3 nitrogen and oxygen atoms in total. The van der Waals surface area contributed by atoms with Gasteiger partial charge < -0.3 is 5.73 Å². The van der Waals surface area contributed by atoms with Crippen molar-refractivity contribution >= 4 is 0 Å². The van der Waals surface area contributed by atoms with Crippen molar-refractivity contribution in [2.75, 3.05) is 26.2 Å². The summed E-state index contributed by atoms with van der Waals surface area (Å²) in [6.07, 6.45) is 2.64. The van der Waals surface area contributed by atoms with Gasteiger partial charge in [-0.1, -0.05) is 6.07 Å². The fourth-order valence-electron chi connectivity index (χ4n) is 3.38. The molecule has 0 amide bonds. The number of piperazine rings is 1. The molecule has 0 aromatic heterocycles. The van der Waals surface area contributed by atoms with E-state index in [1.807, 2.05) is 6.07 Å². The molecule has 2 heterocycles. The highest BCUT2D eigenvalue weighted by Crippen LogP contribution is 2.22. The van der Waals surface area contributed by atoms with E-state index in [-0.39, 0.29) is 5.82 Å². The van der Waals surface area contributed by atoms with Gasteiger partial charge in [0.15, 0.2) is 0 Å². The first-order valence-corrected chi connectivity index (χ1v) is 7.19. The lowest BCUT2D eigenvalue weighted by Crippen LogP contribution is -2.49.